The molecule has 0 atom stereocenters. The Balaban J connectivity index is 1.75. The van der Waals surface area contributed by atoms with Crippen LogP contribution in [0.2, 0.25) is 0 Å². The van der Waals surface area contributed by atoms with Gasteiger partial charge < -0.3 is 10.1 Å². The highest BCUT2D eigenvalue weighted by atomic mass is 32.2. The maximum absolute atomic E-state index is 13.4. The largest absolute Gasteiger partial charge is 0.495 e. The van der Waals surface area contributed by atoms with Crippen LogP contribution in [0, 0.1) is 43.7 Å². The molecule has 1 fully saturated rings. The minimum absolute atomic E-state index is 0.161. The number of hydrogen-bond acceptors (Lipinski definition) is 6. The predicted molar refractivity (Wildman–Crippen MR) is 125 cm³/mol. The topological polar surface area (TPSA) is 119 Å². The lowest BCUT2D eigenvalue weighted by atomic mass is 9.97. The molecule has 0 spiro atoms. The quantitative estimate of drug-likeness (QED) is 0.500. The van der Waals surface area contributed by atoms with Gasteiger partial charge in [-0.1, -0.05) is 6.07 Å². The van der Waals surface area contributed by atoms with Crippen molar-refractivity contribution in [3.8, 4) is 5.75 Å². The number of nitrogens with zero attached hydrogens (tertiary/aromatic N) is 2. The summed E-state index contributed by atoms with van der Waals surface area (Å²) >= 11 is 0. The van der Waals surface area contributed by atoms with Gasteiger partial charge in [0.25, 0.3) is 5.69 Å². The molecule has 1 aliphatic rings. The van der Waals surface area contributed by atoms with Crippen molar-refractivity contribution in [3.05, 3.63) is 56.6 Å². The molecule has 1 N–H and O–H groups in total. The lowest BCUT2D eigenvalue weighted by molar-refractivity contribution is -0.384. The molecule has 0 bridgehead atoms. The van der Waals surface area contributed by atoms with Crippen molar-refractivity contribution in [1.82, 2.24) is 4.31 Å². The van der Waals surface area contributed by atoms with Crippen LogP contribution in [0.3, 0.4) is 0 Å². The van der Waals surface area contributed by atoms with Gasteiger partial charge in [0.05, 0.1) is 22.6 Å². The van der Waals surface area contributed by atoms with Gasteiger partial charge in [0.1, 0.15) is 5.75 Å². The van der Waals surface area contributed by atoms with Gasteiger partial charge in [0, 0.05) is 31.1 Å². The highest BCUT2D eigenvalue weighted by molar-refractivity contribution is 7.89. The van der Waals surface area contributed by atoms with Crippen LogP contribution in [-0.4, -0.2) is 43.8 Å². The van der Waals surface area contributed by atoms with Gasteiger partial charge in [0.2, 0.25) is 15.9 Å². The fourth-order valence-corrected chi connectivity index (χ4v) is 6.24. The Morgan fingerprint density at radius 3 is 2.18 bits per heavy atom. The van der Waals surface area contributed by atoms with Crippen molar-refractivity contribution in [2.45, 2.75) is 45.4 Å². The standard InChI is InChI=1S/C23H29N3O6S/c1-14-12-15(2)17(4)22(16(14)3)33(30,31)25-10-8-18(9-11-25)23(27)24-20-13-19(26(28)29)6-7-21(20)32-5/h6-7,12-13,18H,8-11H2,1-5H3,(H,24,27). The number of carbonyl (C=O) groups is 1. The number of rotatable bonds is 6. The molecule has 10 heteroatoms. The van der Waals surface area contributed by atoms with Crippen LogP contribution in [0.4, 0.5) is 11.4 Å². The van der Waals surface area contributed by atoms with Crippen molar-refractivity contribution in [2.24, 2.45) is 5.92 Å². The third-order valence-corrected chi connectivity index (χ3v) is 8.54. The first-order valence-electron chi connectivity index (χ1n) is 10.7. The Kier molecular flexibility index (Phi) is 7.08. The third-order valence-electron chi connectivity index (χ3n) is 6.37. The minimum Gasteiger partial charge on any atom is -0.495 e. The Bertz CT molecular complexity index is 1170. The number of aryl methyl sites for hydroxylation is 2. The van der Waals surface area contributed by atoms with E-state index in [1.165, 1.54) is 29.6 Å². The molecule has 1 aliphatic heterocycles. The van der Waals surface area contributed by atoms with Gasteiger partial charge in [0.15, 0.2) is 0 Å². The van der Waals surface area contributed by atoms with E-state index in [-0.39, 0.29) is 30.4 Å². The molecular formula is C23H29N3O6S. The number of nitrogens with one attached hydrogen (secondary N) is 1. The summed E-state index contributed by atoms with van der Waals surface area (Å²) in [7, 11) is -2.28. The summed E-state index contributed by atoms with van der Waals surface area (Å²) in [5.74, 6) is -0.416. The maximum atomic E-state index is 13.4. The summed E-state index contributed by atoms with van der Waals surface area (Å²) < 4.78 is 33.5. The second kappa shape index (κ2) is 9.48. The van der Waals surface area contributed by atoms with Crippen LogP contribution in [-0.2, 0) is 14.8 Å². The maximum Gasteiger partial charge on any atom is 0.271 e. The summed E-state index contributed by atoms with van der Waals surface area (Å²) in [6.45, 7) is 7.89. The van der Waals surface area contributed by atoms with Crippen molar-refractivity contribution in [3.63, 3.8) is 0 Å². The minimum atomic E-state index is -3.70. The molecule has 178 valence electrons. The molecule has 2 aromatic rings. The van der Waals surface area contributed by atoms with Crippen molar-refractivity contribution < 1.29 is 22.9 Å². The molecule has 2 aromatic carbocycles. The number of anilines is 1. The van der Waals surface area contributed by atoms with E-state index >= 15 is 0 Å². The molecule has 1 heterocycles. The molecule has 0 aliphatic carbocycles. The summed E-state index contributed by atoms with van der Waals surface area (Å²) in [5, 5.41) is 13.8. The van der Waals surface area contributed by atoms with E-state index < -0.39 is 20.9 Å². The lowest BCUT2D eigenvalue weighted by Crippen LogP contribution is -2.42. The number of nitro groups is 1. The normalized spacial score (nSPS) is 15.3. The molecule has 33 heavy (non-hydrogen) atoms. The van der Waals surface area contributed by atoms with E-state index in [1.54, 1.807) is 0 Å². The van der Waals surface area contributed by atoms with Gasteiger partial charge in [-0.3, -0.25) is 14.9 Å². The number of ether oxygens (including phenoxy) is 1. The first-order chi connectivity index (χ1) is 15.5. The zero-order chi connectivity index (χ0) is 24.5. The summed E-state index contributed by atoms with van der Waals surface area (Å²) in [6.07, 6.45) is 0.705. The fourth-order valence-electron chi connectivity index (χ4n) is 4.20. The Labute approximate surface area is 193 Å². The number of non-ortho nitro benzene ring substituents is 1. The molecule has 1 amide bonds. The summed E-state index contributed by atoms with van der Waals surface area (Å²) in [4.78, 5) is 23.7. The smallest absolute Gasteiger partial charge is 0.271 e. The van der Waals surface area contributed by atoms with Gasteiger partial charge in [-0.05, 0) is 68.9 Å². The number of hydrogen-bond donors (Lipinski definition) is 1. The van der Waals surface area contributed by atoms with Crippen LogP contribution in [0.5, 0.6) is 5.75 Å². The lowest BCUT2D eigenvalue weighted by Gasteiger charge is -2.32. The van der Waals surface area contributed by atoms with Crippen LogP contribution in [0.25, 0.3) is 0 Å². The zero-order valence-electron chi connectivity index (χ0n) is 19.5. The molecular weight excluding hydrogens is 446 g/mol. The van der Waals surface area contributed by atoms with Crippen molar-refractivity contribution in [2.75, 3.05) is 25.5 Å². The first-order valence-corrected chi connectivity index (χ1v) is 12.1. The first kappa shape index (κ1) is 24.7. The van der Waals surface area contributed by atoms with Crippen LogP contribution in [0.1, 0.15) is 35.1 Å². The Morgan fingerprint density at radius 2 is 1.67 bits per heavy atom. The number of amides is 1. The molecule has 0 unspecified atom stereocenters. The van der Waals surface area contributed by atoms with Gasteiger partial charge in [-0.15, -0.1) is 0 Å². The predicted octanol–water partition coefficient (Wildman–Crippen LogP) is 3.88. The average molecular weight is 476 g/mol. The van der Waals surface area contributed by atoms with Crippen LogP contribution < -0.4 is 10.1 Å². The number of piperidine rings is 1. The van der Waals surface area contributed by atoms with Gasteiger partial charge >= 0.3 is 0 Å². The molecule has 1 saturated heterocycles. The third kappa shape index (κ3) is 4.86. The Hall–Kier alpha value is -2.98. The molecule has 0 aromatic heterocycles. The van der Waals surface area contributed by atoms with Crippen LogP contribution >= 0.6 is 0 Å². The SMILES string of the molecule is COc1ccc([N+](=O)[O-])cc1NC(=O)C1CCN(S(=O)(=O)c2c(C)c(C)cc(C)c2C)CC1. The second-order valence-electron chi connectivity index (χ2n) is 8.40. The van der Waals surface area contributed by atoms with E-state index in [0.29, 0.717) is 23.5 Å². The number of sulfonamides is 1. The van der Waals surface area contributed by atoms with E-state index in [9.17, 15) is 23.3 Å². The monoisotopic (exact) mass is 475 g/mol. The average Bonchev–Trinajstić information content (AvgIpc) is 2.77. The molecule has 0 saturated carbocycles. The summed E-state index contributed by atoms with van der Waals surface area (Å²) in [5.41, 5.74) is 3.40. The van der Waals surface area contributed by atoms with Crippen LogP contribution in [0.15, 0.2) is 29.2 Å². The number of methoxy groups -OCH3 is 1. The highest BCUT2D eigenvalue weighted by Crippen LogP contribution is 2.33. The molecule has 9 nitrogen and oxygen atoms in total. The van der Waals surface area contributed by atoms with Crippen molar-refractivity contribution >= 4 is 27.3 Å². The van der Waals surface area contributed by atoms with E-state index in [1.807, 2.05) is 33.8 Å². The zero-order valence-corrected chi connectivity index (χ0v) is 20.3. The summed E-state index contributed by atoms with van der Waals surface area (Å²) in [6, 6.07) is 5.97. The number of carbonyl (C=O) groups excluding carboxylic acids is 1. The van der Waals surface area contributed by atoms with Crippen molar-refractivity contribution in [1.29, 1.82) is 0 Å². The van der Waals surface area contributed by atoms with Gasteiger partial charge in [-0.2, -0.15) is 4.31 Å². The molecule has 0 radical (unpaired) electrons. The number of nitro benzene ring substituents is 1. The van der Waals surface area contributed by atoms with E-state index in [2.05, 4.69) is 5.32 Å². The van der Waals surface area contributed by atoms with Gasteiger partial charge in [-0.25, -0.2) is 8.42 Å². The Morgan fingerprint density at radius 1 is 1.09 bits per heavy atom. The van der Waals surface area contributed by atoms with E-state index in [4.69, 9.17) is 4.74 Å². The fraction of sp³-hybridized carbons (Fsp3) is 0.435. The highest BCUT2D eigenvalue weighted by Gasteiger charge is 2.34. The number of benzene rings is 2. The van der Waals surface area contributed by atoms with E-state index in [0.717, 1.165) is 22.3 Å². The second-order valence-corrected chi connectivity index (χ2v) is 10.3. The molecule has 3 rings (SSSR count).